The van der Waals surface area contributed by atoms with Crippen molar-refractivity contribution < 1.29 is 23.8 Å². The van der Waals surface area contributed by atoms with Crippen molar-refractivity contribution >= 4 is 11.9 Å². The molecule has 5 nitrogen and oxygen atoms in total. The van der Waals surface area contributed by atoms with Crippen LogP contribution in [0.2, 0.25) is 0 Å². The molecule has 0 spiro atoms. The molecule has 3 rings (SSSR count). The van der Waals surface area contributed by atoms with Crippen molar-refractivity contribution in [3.8, 4) is 0 Å². The van der Waals surface area contributed by atoms with E-state index in [0.29, 0.717) is 19.7 Å². The summed E-state index contributed by atoms with van der Waals surface area (Å²) in [6, 6.07) is 12.8. The van der Waals surface area contributed by atoms with Crippen LogP contribution >= 0.6 is 0 Å². The van der Waals surface area contributed by atoms with Crippen molar-refractivity contribution in [1.82, 2.24) is 4.90 Å². The van der Waals surface area contributed by atoms with Crippen LogP contribution in [0.25, 0.3) is 0 Å². The standard InChI is InChI=1S/C20H20FNO4/c21-18-11-15(20(24)25)8-9-17(18)19(23)22(13-16-7-4-10-26-16)12-14-5-2-1-3-6-14/h1-3,5-6,8-9,11,16H,4,7,10,12-13H2,(H,24,25). The van der Waals surface area contributed by atoms with E-state index in [1.165, 1.54) is 12.1 Å². The van der Waals surface area contributed by atoms with E-state index in [0.717, 1.165) is 24.5 Å². The topological polar surface area (TPSA) is 66.8 Å². The number of carbonyl (C=O) groups is 2. The maximum absolute atomic E-state index is 14.3. The minimum Gasteiger partial charge on any atom is -0.478 e. The van der Waals surface area contributed by atoms with Gasteiger partial charge in [-0.3, -0.25) is 4.79 Å². The zero-order chi connectivity index (χ0) is 18.5. The second-order valence-corrected chi connectivity index (χ2v) is 6.31. The molecule has 1 heterocycles. The molecule has 0 aromatic heterocycles. The molecule has 1 N–H and O–H groups in total. The van der Waals surface area contributed by atoms with Gasteiger partial charge in [0, 0.05) is 19.7 Å². The van der Waals surface area contributed by atoms with Gasteiger partial charge in [-0.05, 0) is 36.6 Å². The monoisotopic (exact) mass is 357 g/mol. The Balaban J connectivity index is 1.84. The summed E-state index contributed by atoms with van der Waals surface area (Å²) in [4.78, 5) is 25.4. The molecule has 26 heavy (non-hydrogen) atoms. The molecule has 136 valence electrons. The van der Waals surface area contributed by atoms with E-state index >= 15 is 0 Å². The van der Waals surface area contributed by atoms with Crippen LogP contribution in [0.1, 0.15) is 39.1 Å². The molecule has 1 unspecified atom stereocenters. The van der Waals surface area contributed by atoms with Crippen molar-refractivity contribution in [3.05, 3.63) is 71.0 Å². The fraction of sp³-hybridized carbons (Fsp3) is 0.300. The lowest BCUT2D eigenvalue weighted by atomic mass is 10.1. The highest BCUT2D eigenvalue weighted by Crippen LogP contribution is 2.19. The highest BCUT2D eigenvalue weighted by molar-refractivity contribution is 5.96. The average Bonchev–Trinajstić information content (AvgIpc) is 3.14. The first-order chi connectivity index (χ1) is 12.5. The molecule has 1 atom stereocenters. The predicted molar refractivity (Wildman–Crippen MR) is 93.5 cm³/mol. The Hall–Kier alpha value is -2.73. The number of nitrogens with zero attached hydrogens (tertiary/aromatic N) is 1. The molecule has 2 aromatic rings. The number of ether oxygens (including phenoxy) is 1. The highest BCUT2D eigenvalue weighted by Gasteiger charge is 2.25. The van der Waals surface area contributed by atoms with Crippen LogP contribution < -0.4 is 0 Å². The Morgan fingerprint density at radius 2 is 1.96 bits per heavy atom. The minimum atomic E-state index is -1.23. The smallest absolute Gasteiger partial charge is 0.335 e. The molecule has 1 amide bonds. The van der Waals surface area contributed by atoms with Gasteiger partial charge in [0.2, 0.25) is 0 Å². The van der Waals surface area contributed by atoms with E-state index in [1.807, 2.05) is 30.3 Å². The highest BCUT2D eigenvalue weighted by atomic mass is 19.1. The first-order valence-electron chi connectivity index (χ1n) is 8.52. The van der Waals surface area contributed by atoms with Gasteiger partial charge in [0.1, 0.15) is 5.82 Å². The molecule has 0 bridgehead atoms. The van der Waals surface area contributed by atoms with Gasteiger partial charge in [-0.1, -0.05) is 30.3 Å². The summed E-state index contributed by atoms with van der Waals surface area (Å²) < 4.78 is 20.0. The maximum Gasteiger partial charge on any atom is 0.335 e. The molecule has 0 aliphatic carbocycles. The molecular weight excluding hydrogens is 337 g/mol. The normalized spacial score (nSPS) is 16.4. The summed E-state index contributed by atoms with van der Waals surface area (Å²) in [5.74, 6) is -2.54. The van der Waals surface area contributed by atoms with E-state index < -0.39 is 17.7 Å². The molecule has 0 radical (unpaired) electrons. The number of amides is 1. The van der Waals surface area contributed by atoms with Gasteiger partial charge in [-0.2, -0.15) is 0 Å². The Bertz CT molecular complexity index is 788. The number of aromatic carboxylic acids is 1. The molecule has 1 fully saturated rings. The lowest BCUT2D eigenvalue weighted by molar-refractivity contribution is 0.0503. The lowest BCUT2D eigenvalue weighted by Gasteiger charge is -2.26. The Morgan fingerprint density at radius 1 is 1.19 bits per heavy atom. The molecule has 1 aliphatic rings. The SMILES string of the molecule is O=C(O)c1ccc(C(=O)N(Cc2ccccc2)CC2CCCO2)c(F)c1. The summed E-state index contributed by atoms with van der Waals surface area (Å²) >= 11 is 0. The van der Waals surface area contributed by atoms with Crippen molar-refractivity contribution in [2.24, 2.45) is 0 Å². The third kappa shape index (κ3) is 4.26. The van der Waals surface area contributed by atoms with Gasteiger partial charge in [0.05, 0.1) is 17.2 Å². The van der Waals surface area contributed by atoms with E-state index in [1.54, 1.807) is 4.90 Å². The summed E-state index contributed by atoms with van der Waals surface area (Å²) in [7, 11) is 0. The number of hydrogen-bond acceptors (Lipinski definition) is 3. The largest absolute Gasteiger partial charge is 0.478 e. The second-order valence-electron chi connectivity index (χ2n) is 6.31. The van der Waals surface area contributed by atoms with Gasteiger partial charge < -0.3 is 14.7 Å². The summed E-state index contributed by atoms with van der Waals surface area (Å²) in [6.45, 7) is 1.37. The quantitative estimate of drug-likeness (QED) is 0.861. The van der Waals surface area contributed by atoms with Crippen molar-refractivity contribution in [3.63, 3.8) is 0 Å². The predicted octanol–water partition coefficient (Wildman–Crippen LogP) is 3.35. The van der Waals surface area contributed by atoms with Crippen molar-refractivity contribution in [2.45, 2.75) is 25.5 Å². The van der Waals surface area contributed by atoms with Crippen LogP contribution in [-0.4, -0.2) is 41.1 Å². The number of hydrogen-bond donors (Lipinski definition) is 1. The zero-order valence-electron chi connectivity index (χ0n) is 14.2. The zero-order valence-corrected chi connectivity index (χ0v) is 14.2. The fourth-order valence-electron chi connectivity index (χ4n) is 3.05. The van der Waals surface area contributed by atoms with Crippen molar-refractivity contribution in [1.29, 1.82) is 0 Å². The number of rotatable bonds is 6. The van der Waals surface area contributed by atoms with Gasteiger partial charge in [-0.25, -0.2) is 9.18 Å². The van der Waals surface area contributed by atoms with Gasteiger partial charge in [0.25, 0.3) is 5.91 Å². The number of halogens is 1. The molecule has 1 aliphatic heterocycles. The van der Waals surface area contributed by atoms with Crippen LogP contribution in [0, 0.1) is 5.82 Å². The van der Waals surface area contributed by atoms with Crippen LogP contribution in [-0.2, 0) is 11.3 Å². The first kappa shape index (κ1) is 18.1. The minimum absolute atomic E-state index is 0.0657. The number of benzene rings is 2. The second kappa shape index (κ2) is 8.10. The van der Waals surface area contributed by atoms with Crippen LogP contribution in [0.4, 0.5) is 4.39 Å². The Kier molecular flexibility index (Phi) is 5.63. The lowest BCUT2D eigenvalue weighted by Crippen LogP contribution is -2.37. The summed E-state index contributed by atoms with van der Waals surface area (Å²) in [6.07, 6.45) is 1.74. The third-order valence-electron chi connectivity index (χ3n) is 4.40. The third-order valence-corrected chi connectivity index (χ3v) is 4.40. The molecule has 1 saturated heterocycles. The van der Waals surface area contributed by atoms with Gasteiger partial charge >= 0.3 is 5.97 Å². The first-order valence-corrected chi connectivity index (χ1v) is 8.52. The van der Waals surface area contributed by atoms with Gasteiger partial charge in [0.15, 0.2) is 0 Å². The van der Waals surface area contributed by atoms with Crippen molar-refractivity contribution in [2.75, 3.05) is 13.2 Å². The average molecular weight is 357 g/mol. The van der Waals surface area contributed by atoms with E-state index in [2.05, 4.69) is 0 Å². The van der Waals surface area contributed by atoms with E-state index in [4.69, 9.17) is 9.84 Å². The maximum atomic E-state index is 14.3. The summed E-state index contributed by atoms with van der Waals surface area (Å²) in [5, 5.41) is 8.95. The van der Waals surface area contributed by atoms with Crippen LogP contribution in [0.5, 0.6) is 0 Å². The number of carboxylic acids is 1. The summed E-state index contributed by atoms with van der Waals surface area (Å²) in [5.41, 5.74) is 0.609. The van der Waals surface area contributed by atoms with Crippen LogP contribution in [0.15, 0.2) is 48.5 Å². The number of carbonyl (C=O) groups excluding carboxylic acids is 1. The number of carboxylic acid groups (broad SMARTS) is 1. The fourth-order valence-corrected chi connectivity index (χ4v) is 3.05. The van der Waals surface area contributed by atoms with Gasteiger partial charge in [-0.15, -0.1) is 0 Å². The Morgan fingerprint density at radius 3 is 2.58 bits per heavy atom. The molecular formula is C20H20FNO4. The molecule has 2 aromatic carbocycles. The molecule has 6 heteroatoms. The van der Waals surface area contributed by atoms with E-state index in [9.17, 15) is 14.0 Å². The van der Waals surface area contributed by atoms with Crippen LogP contribution in [0.3, 0.4) is 0 Å². The molecule has 0 saturated carbocycles. The van der Waals surface area contributed by atoms with E-state index in [-0.39, 0.29) is 17.2 Å². The Labute approximate surface area is 151 Å².